The molecule has 1 aromatic carbocycles. The molecule has 5 heteroatoms. The summed E-state index contributed by atoms with van der Waals surface area (Å²) >= 11 is 12.4. The Morgan fingerprint density at radius 3 is 2.44 bits per heavy atom. The van der Waals surface area contributed by atoms with Crippen LogP contribution in [0.3, 0.4) is 0 Å². The zero-order chi connectivity index (χ0) is 12.9. The molecular formula is C13H13Cl2N3. The normalized spacial score (nSPS) is 15.1. The number of anilines is 1. The first-order valence-electron chi connectivity index (χ1n) is 5.86. The van der Waals surface area contributed by atoms with Gasteiger partial charge >= 0.3 is 0 Å². The van der Waals surface area contributed by atoms with Crippen LogP contribution in [-0.4, -0.2) is 9.55 Å². The quantitative estimate of drug-likeness (QED) is 0.909. The van der Waals surface area contributed by atoms with Gasteiger partial charge in [0.15, 0.2) is 0 Å². The van der Waals surface area contributed by atoms with Crippen LogP contribution in [0.25, 0.3) is 11.3 Å². The molecule has 0 spiro atoms. The van der Waals surface area contributed by atoms with E-state index < -0.39 is 0 Å². The fourth-order valence-electron chi connectivity index (χ4n) is 2.14. The molecule has 0 aliphatic heterocycles. The first-order chi connectivity index (χ1) is 8.59. The van der Waals surface area contributed by atoms with Crippen LogP contribution in [0.15, 0.2) is 18.2 Å². The average molecular weight is 282 g/mol. The summed E-state index contributed by atoms with van der Waals surface area (Å²) in [5.74, 6) is 2.18. The van der Waals surface area contributed by atoms with Gasteiger partial charge in [0.25, 0.3) is 0 Å². The Morgan fingerprint density at radius 2 is 1.89 bits per heavy atom. The number of hydrogen-bond donors (Lipinski definition) is 1. The predicted octanol–water partition coefficient (Wildman–Crippen LogP) is 3.85. The molecule has 0 radical (unpaired) electrons. The van der Waals surface area contributed by atoms with Crippen molar-refractivity contribution in [2.75, 3.05) is 5.73 Å². The number of rotatable bonds is 2. The van der Waals surface area contributed by atoms with Gasteiger partial charge < -0.3 is 10.3 Å². The fourth-order valence-corrected chi connectivity index (χ4v) is 2.72. The second-order valence-corrected chi connectivity index (χ2v) is 5.45. The van der Waals surface area contributed by atoms with Gasteiger partial charge in [-0.15, -0.1) is 0 Å². The Bertz CT molecular complexity index is 595. The van der Waals surface area contributed by atoms with E-state index in [1.54, 1.807) is 12.1 Å². The van der Waals surface area contributed by atoms with Crippen molar-refractivity contribution in [1.82, 2.24) is 9.55 Å². The molecule has 0 saturated heterocycles. The predicted molar refractivity (Wildman–Crippen MR) is 75.1 cm³/mol. The number of benzene rings is 1. The van der Waals surface area contributed by atoms with E-state index in [0.717, 1.165) is 11.4 Å². The number of aromatic nitrogens is 2. The highest BCUT2D eigenvalue weighted by atomic mass is 35.5. The number of nitrogens with two attached hydrogens (primary N) is 1. The van der Waals surface area contributed by atoms with E-state index in [-0.39, 0.29) is 0 Å². The minimum Gasteiger partial charge on any atom is -0.383 e. The molecule has 2 N–H and O–H groups in total. The highest BCUT2D eigenvalue weighted by Gasteiger charge is 2.30. The topological polar surface area (TPSA) is 43.8 Å². The van der Waals surface area contributed by atoms with E-state index in [1.807, 2.05) is 17.7 Å². The molecule has 0 bridgehead atoms. The van der Waals surface area contributed by atoms with E-state index in [9.17, 15) is 0 Å². The average Bonchev–Trinajstić information content (AvgIpc) is 3.11. The van der Waals surface area contributed by atoms with Gasteiger partial charge in [0.05, 0.1) is 10.0 Å². The molecule has 0 atom stereocenters. The zero-order valence-electron chi connectivity index (χ0n) is 9.95. The van der Waals surface area contributed by atoms with Gasteiger partial charge in [0, 0.05) is 18.5 Å². The van der Waals surface area contributed by atoms with Gasteiger partial charge in [-0.2, -0.15) is 0 Å². The summed E-state index contributed by atoms with van der Waals surface area (Å²) in [4.78, 5) is 4.63. The number of hydrogen-bond acceptors (Lipinski definition) is 2. The zero-order valence-corrected chi connectivity index (χ0v) is 11.5. The third kappa shape index (κ3) is 1.78. The highest BCUT2D eigenvalue weighted by molar-refractivity contribution is 6.39. The minimum absolute atomic E-state index is 0.535. The van der Waals surface area contributed by atoms with Gasteiger partial charge in [-0.3, -0.25) is 0 Å². The van der Waals surface area contributed by atoms with Crippen LogP contribution in [0.4, 0.5) is 5.82 Å². The summed E-state index contributed by atoms with van der Waals surface area (Å²) in [5.41, 5.74) is 7.53. The van der Waals surface area contributed by atoms with Gasteiger partial charge in [-0.05, 0) is 25.0 Å². The smallest absolute Gasteiger partial charge is 0.131 e. The Kier molecular flexibility index (Phi) is 2.76. The van der Waals surface area contributed by atoms with Crippen molar-refractivity contribution in [2.45, 2.75) is 18.8 Å². The Balaban J connectivity index is 2.20. The van der Waals surface area contributed by atoms with Crippen LogP contribution in [-0.2, 0) is 7.05 Å². The second-order valence-electron chi connectivity index (χ2n) is 4.63. The summed E-state index contributed by atoms with van der Waals surface area (Å²) in [7, 11) is 1.93. The van der Waals surface area contributed by atoms with E-state index in [4.69, 9.17) is 28.9 Å². The number of imidazole rings is 1. The standard InChI is InChI=1S/C13H13Cl2N3/c1-18-12(16)11(17-13(18)7-5-6-7)10-8(14)3-2-4-9(10)15/h2-4,7H,5-6,16H2,1H3. The lowest BCUT2D eigenvalue weighted by Gasteiger charge is -2.05. The van der Waals surface area contributed by atoms with Crippen molar-refractivity contribution in [1.29, 1.82) is 0 Å². The lowest BCUT2D eigenvalue weighted by Crippen LogP contribution is -2.00. The lowest BCUT2D eigenvalue weighted by atomic mass is 10.1. The van der Waals surface area contributed by atoms with Crippen LogP contribution < -0.4 is 5.73 Å². The molecule has 3 nitrogen and oxygen atoms in total. The van der Waals surface area contributed by atoms with Crippen molar-refractivity contribution < 1.29 is 0 Å². The van der Waals surface area contributed by atoms with Crippen LogP contribution in [0.1, 0.15) is 24.6 Å². The molecule has 1 fully saturated rings. The van der Waals surface area contributed by atoms with Crippen LogP contribution in [0.2, 0.25) is 10.0 Å². The Morgan fingerprint density at radius 1 is 1.28 bits per heavy atom. The summed E-state index contributed by atoms with van der Waals surface area (Å²) in [6.07, 6.45) is 2.36. The van der Waals surface area contributed by atoms with E-state index in [0.29, 0.717) is 27.5 Å². The monoisotopic (exact) mass is 281 g/mol. The lowest BCUT2D eigenvalue weighted by molar-refractivity contribution is 0.807. The van der Waals surface area contributed by atoms with Gasteiger partial charge in [0.2, 0.25) is 0 Å². The second kappa shape index (κ2) is 4.18. The first-order valence-corrected chi connectivity index (χ1v) is 6.61. The third-order valence-corrected chi connectivity index (χ3v) is 3.95. The summed E-state index contributed by atoms with van der Waals surface area (Å²) in [6.45, 7) is 0. The Hall–Kier alpha value is -1.19. The molecule has 94 valence electrons. The molecular weight excluding hydrogens is 269 g/mol. The molecule has 3 rings (SSSR count). The van der Waals surface area contributed by atoms with Crippen molar-refractivity contribution in [3.05, 3.63) is 34.1 Å². The van der Waals surface area contributed by atoms with Gasteiger partial charge in [-0.25, -0.2) is 4.98 Å². The molecule has 1 aliphatic carbocycles. The largest absolute Gasteiger partial charge is 0.383 e. The maximum atomic E-state index is 6.20. The van der Waals surface area contributed by atoms with Gasteiger partial charge in [-0.1, -0.05) is 29.3 Å². The number of nitrogen functional groups attached to an aromatic ring is 1. The van der Waals surface area contributed by atoms with E-state index >= 15 is 0 Å². The van der Waals surface area contributed by atoms with Crippen molar-refractivity contribution in [2.24, 2.45) is 7.05 Å². The molecule has 0 amide bonds. The maximum Gasteiger partial charge on any atom is 0.131 e. The van der Waals surface area contributed by atoms with E-state index in [1.165, 1.54) is 12.8 Å². The molecule has 1 saturated carbocycles. The van der Waals surface area contributed by atoms with Crippen molar-refractivity contribution >= 4 is 29.0 Å². The molecule has 0 unspecified atom stereocenters. The molecule has 1 aromatic heterocycles. The third-order valence-electron chi connectivity index (χ3n) is 3.32. The SMILES string of the molecule is Cn1c(C2CC2)nc(-c2c(Cl)cccc2Cl)c1N. The number of halogens is 2. The van der Waals surface area contributed by atoms with Crippen LogP contribution >= 0.6 is 23.2 Å². The number of nitrogens with zero attached hydrogens (tertiary/aromatic N) is 2. The molecule has 1 heterocycles. The van der Waals surface area contributed by atoms with E-state index in [2.05, 4.69) is 4.98 Å². The van der Waals surface area contributed by atoms with Crippen molar-refractivity contribution in [3.63, 3.8) is 0 Å². The molecule has 1 aliphatic rings. The molecule has 18 heavy (non-hydrogen) atoms. The summed E-state index contributed by atoms with van der Waals surface area (Å²) < 4.78 is 1.94. The summed E-state index contributed by atoms with van der Waals surface area (Å²) in [6, 6.07) is 5.41. The van der Waals surface area contributed by atoms with Crippen LogP contribution in [0, 0.1) is 0 Å². The fraction of sp³-hybridized carbons (Fsp3) is 0.308. The highest BCUT2D eigenvalue weighted by Crippen LogP contribution is 2.43. The van der Waals surface area contributed by atoms with Crippen molar-refractivity contribution in [3.8, 4) is 11.3 Å². The van der Waals surface area contributed by atoms with Crippen LogP contribution in [0.5, 0.6) is 0 Å². The Labute approximate surface area is 116 Å². The first kappa shape index (κ1) is 11.9. The molecule has 2 aromatic rings. The summed E-state index contributed by atoms with van der Waals surface area (Å²) in [5, 5.41) is 1.16. The maximum absolute atomic E-state index is 6.20. The minimum atomic E-state index is 0.535. The van der Waals surface area contributed by atoms with Gasteiger partial charge in [0.1, 0.15) is 17.3 Å².